The predicted octanol–water partition coefficient (Wildman–Crippen LogP) is 1.71. The SMILES string of the molecule is CCCn1nnnc1COc1ccc(-c2nnco2)cc1. The number of nitrogens with zero attached hydrogens (tertiary/aromatic N) is 6. The monoisotopic (exact) mass is 286 g/mol. The molecule has 0 fully saturated rings. The highest BCUT2D eigenvalue weighted by atomic mass is 16.5. The molecular formula is C13H14N6O2. The fourth-order valence-electron chi connectivity index (χ4n) is 1.85. The molecule has 0 aliphatic carbocycles. The lowest BCUT2D eigenvalue weighted by atomic mass is 10.2. The van der Waals surface area contributed by atoms with Gasteiger partial charge in [-0.2, -0.15) is 0 Å². The highest BCUT2D eigenvalue weighted by Crippen LogP contribution is 2.20. The lowest BCUT2D eigenvalue weighted by Crippen LogP contribution is -2.08. The molecule has 0 bridgehead atoms. The van der Waals surface area contributed by atoms with E-state index in [2.05, 4.69) is 32.6 Å². The number of hydrogen-bond donors (Lipinski definition) is 0. The van der Waals surface area contributed by atoms with E-state index in [0.717, 1.165) is 24.3 Å². The van der Waals surface area contributed by atoms with E-state index >= 15 is 0 Å². The molecule has 8 heteroatoms. The zero-order valence-electron chi connectivity index (χ0n) is 11.5. The van der Waals surface area contributed by atoms with Crippen molar-refractivity contribution in [3.63, 3.8) is 0 Å². The number of aromatic nitrogens is 6. The van der Waals surface area contributed by atoms with Crippen molar-refractivity contribution in [2.24, 2.45) is 0 Å². The van der Waals surface area contributed by atoms with Gasteiger partial charge >= 0.3 is 0 Å². The van der Waals surface area contributed by atoms with Gasteiger partial charge in [-0.3, -0.25) is 0 Å². The van der Waals surface area contributed by atoms with Crippen LogP contribution in [0.3, 0.4) is 0 Å². The van der Waals surface area contributed by atoms with Gasteiger partial charge in [-0.1, -0.05) is 6.92 Å². The van der Waals surface area contributed by atoms with Crippen LogP contribution in [0, 0.1) is 0 Å². The first-order valence-electron chi connectivity index (χ1n) is 6.61. The lowest BCUT2D eigenvalue weighted by molar-refractivity contribution is 0.286. The standard InChI is InChI=1S/C13H14N6O2/c1-2-7-19-12(15-17-18-19)8-20-11-5-3-10(4-6-11)13-16-14-9-21-13/h3-6,9H,2,7-8H2,1H3. The lowest BCUT2D eigenvalue weighted by Gasteiger charge is -2.06. The quantitative estimate of drug-likeness (QED) is 0.681. The van der Waals surface area contributed by atoms with Crippen LogP contribution in [0.4, 0.5) is 0 Å². The van der Waals surface area contributed by atoms with E-state index in [0.29, 0.717) is 18.3 Å². The Bertz CT molecular complexity index is 677. The van der Waals surface area contributed by atoms with E-state index in [1.54, 1.807) is 4.68 Å². The molecule has 0 aliphatic heterocycles. The van der Waals surface area contributed by atoms with E-state index in [9.17, 15) is 0 Å². The molecule has 0 spiro atoms. The van der Waals surface area contributed by atoms with Crippen LogP contribution in [0.1, 0.15) is 19.2 Å². The van der Waals surface area contributed by atoms with Gasteiger partial charge in [-0.25, -0.2) is 4.68 Å². The molecule has 8 nitrogen and oxygen atoms in total. The Morgan fingerprint density at radius 2 is 2.05 bits per heavy atom. The van der Waals surface area contributed by atoms with E-state index in [1.165, 1.54) is 6.39 Å². The second-order valence-electron chi connectivity index (χ2n) is 4.38. The molecule has 0 atom stereocenters. The molecule has 0 aliphatic rings. The second-order valence-corrected chi connectivity index (χ2v) is 4.38. The smallest absolute Gasteiger partial charge is 0.247 e. The number of rotatable bonds is 6. The molecule has 108 valence electrons. The fraction of sp³-hybridized carbons (Fsp3) is 0.308. The first kappa shape index (κ1) is 13.2. The van der Waals surface area contributed by atoms with Gasteiger partial charge in [0.05, 0.1) is 0 Å². The summed E-state index contributed by atoms with van der Waals surface area (Å²) in [6.07, 6.45) is 2.27. The van der Waals surface area contributed by atoms with Crippen LogP contribution >= 0.6 is 0 Å². The first-order chi connectivity index (χ1) is 10.4. The van der Waals surface area contributed by atoms with Crippen molar-refractivity contribution in [3.8, 4) is 17.2 Å². The summed E-state index contributed by atoms with van der Waals surface area (Å²) in [5.41, 5.74) is 0.843. The van der Waals surface area contributed by atoms with E-state index in [1.807, 2.05) is 24.3 Å². The van der Waals surface area contributed by atoms with Crippen molar-refractivity contribution in [1.82, 2.24) is 30.4 Å². The molecular weight excluding hydrogens is 272 g/mol. The van der Waals surface area contributed by atoms with Gasteiger partial charge in [0.25, 0.3) is 0 Å². The van der Waals surface area contributed by atoms with Gasteiger partial charge in [-0.15, -0.1) is 15.3 Å². The Morgan fingerprint density at radius 3 is 2.76 bits per heavy atom. The number of benzene rings is 1. The summed E-state index contributed by atoms with van der Waals surface area (Å²) in [4.78, 5) is 0. The third-order valence-corrected chi connectivity index (χ3v) is 2.87. The van der Waals surface area contributed by atoms with Crippen molar-refractivity contribution in [2.45, 2.75) is 26.5 Å². The van der Waals surface area contributed by atoms with Gasteiger partial charge < -0.3 is 9.15 Å². The molecule has 0 saturated carbocycles. The molecule has 0 N–H and O–H groups in total. The minimum absolute atomic E-state index is 0.326. The van der Waals surface area contributed by atoms with Crippen molar-refractivity contribution in [2.75, 3.05) is 0 Å². The normalized spacial score (nSPS) is 10.7. The highest BCUT2D eigenvalue weighted by Gasteiger charge is 2.07. The maximum atomic E-state index is 5.68. The minimum atomic E-state index is 0.326. The van der Waals surface area contributed by atoms with Crippen LogP contribution in [0.2, 0.25) is 0 Å². The summed E-state index contributed by atoms with van der Waals surface area (Å²) in [7, 11) is 0. The maximum absolute atomic E-state index is 5.68. The third-order valence-electron chi connectivity index (χ3n) is 2.87. The van der Waals surface area contributed by atoms with Crippen LogP contribution in [0.15, 0.2) is 35.1 Å². The topological polar surface area (TPSA) is 91.8 Å². The molecule has 0 amide bonds. The third kappa shape index (κ3) is 3.04. The first-order valence-corrected chi connectivity index (χ1v) is 6.61. The summed E-state index contributed by atoms with van der Waals surface area (Å²) in [5.74, 6) is 1.91. The highest BCUT2D eigenvalue weighted by molar-refractivity contribution is 5.53. The molecule has 1 aromatic carbocycles. The zero-order valence-corrected chi connectivity index (χ0v) is 11.5. The van der Waals surface area contributed by atoms with E-state index in [4.69, 9.17) is 9.15 Å². The minimum Gasteiger partial charge on any atom is -0.486 e. The molecule has 21 heavy (non-hydrogen) atoms. The summed E-state index contributed by atoms with van der Waals surface area (Å²) in [6, 6.07) is 7.40. The van der Waals surface area contributed by atoms with Crippen molar-refractivity contribution in [3.05, 3.63) is 36.5 Å². The Hall–Kier alpha value is -2.77. The Labute approximate surface area is 120 Å². The van der Waals surface area contributed by atoms with Crippen LogP contribution in [-0.2, 0) is 13.2 Å². The van der Waals surface area contributed by atoms with Gasteiger partial charge in [0.2, 0.25) is 12.3 Å². The molecule has 3 rings (SSSR count). The molecule has 2 aromatic heterocycles. The summed E-state index contributed by atoms with van der Waals surface area (Å²) in [5, 5.41) is 19.0. The van der Waals surface area contributed by atoms with Crippen molar-refractivity contribution < 1.29 is 9.15 Å². The van der Waals surface area contributed by atoms with Gasteiger partial charge in [-0.05, 0) is 41.1 Å². The Kier molecular flexibility index (Phi) is 3.85. The molecule has 2 heterocycles. The van der Waals surface area contributed by atoms with Crippen molar-refractivity contribution >= 4 is 0 Å². The van der Waals surface area contributed by atoms with Gasteiger partial charge in [0.1, 0.15) is 12.4 Å². The Morgan fingerprint density at radius 1 is 1.19 bits per heavy atom. The predicted molar refractivity (Wildman–Crippen MR) is 72.2 cm³/mol. The average Bonchev–Trinajstić information content (AvgIpc) is 3.18. The van der Waals surface area contributed by atoms with Gasteiger partial charge in [0.15, 0.2) is 5.82 Å². The summed E-state index contributed by atoms with van der Waals surface area (Å²) < 4.78 is 12.6. The summed E-state index contributed by atoms with van der Waals surface area (Å²) >= 11 is 0. The van der Waals surface area contributed by atoms with Crippen LogP contribution in [0.25, 0.3) is 11.5 Å². The summed E-state index contributed by atoms with van der Waals surface area (Å²) in [6.45, 7) is 3.18. The second kappa shape index (κ2) is 6.12. The number of ether oxygens (including phenoxy) is 1. The average molecular weight is 286 g/mol. The Balaban J connectivity index is 1.64. The molecule has 0 saturated heterocycles. The fourth-order valence-corrected chi connectivity index (χ4v) is 1.85. The number of tetrazole rings is 1. The van der Waals surface area contributed by atoms with Crippen LogP contribution < -0.4 is 4.74 Å². The van der Waals surface area contributed by atoms with Gasteiger partial charge in [0, 0.05) is 12.1 Å². The van der Waals surface area contributed by atoms with Crippen LogP contribution in [0.5, 0.6) is 5.75 Å². The van der Waals surface area contributed by atoms with E-state index in [-0.39, 0.29) is 0 Å². The zero-order chi connectivity index (χ0) is 14.5. The largest absolute Gasteiger partial charge is 0.486 e. The number of aryl methyl sites for hydroxylation is 1. The number of hydrogen-bond acceptors (Lipinski definition) is 7. The molecule has 3 aromatic rings. The van der Waals surface area contributed by atoms with Crippen LogP contribution in [-0.4, -0.2) is 30.4 Å². The molecule has 0 radical (unpaired) electrons. The maximum Gasteiger partial charge on any atom is 0.247 e. The van der Waals surface area contributed by atoms with E-state index < -0.39 is 0 Å². The van der Waals surface area contributed by atoms with Crippen molar-refractivity contribution in [1.29, 1.82) is 0 Å². The molecule has 0 unspecified atom stereocenters.